The van der Waals surface area contributed by atoms with Gasteiger partial charge in [0.2, 0.25) is 16.0 Å². The summed E-state index contributed by atoms with van der Waals surface area (Å²) in [5.74, 6) is 0.297. The fourth-order valence-electron chi connectivity index (χ4n) is 6.49. The van der Waals surface area contributed by atoms with Gasteiger partial charge in [-0.3, -0.25) is 4.90 Å². The lowest BCUT2D eigenvalue weighted by Crippen LogP contribution is -2.50. The number of methoxy groups -OCH3 is 1. The molecular formula is C27H31F3N6O4S. The van der Waals surface area contributed by atoms with E-state index in [1.54, 1.807) is 6.07 Å². The third-order valence-electron chi connectivity index (χ3n) is 8.72. The monoisotopic (exact) mass is 592 g/mol. The number of aromatic nitrogens is 3. The minimum absolute atomic E-state index is 0.00621. The zero-order chi connectivity index (χ0) is 28.5. The first-order chi connectivity index (χ1) is 19.6. The number of aromatic amines is 1. The number of piperidine rings is 1. The molecule has 0 amide bonds. The number of rotatable bonds is 7. The Balaban J connectivity index is 1.10. The zero-order valence-electron chi connectivity index (χ0n) is 22.4. The molecule has 2 N–H and O–H groups in total. The number of sulfonamides is 1. The number of H-pyrrole nitrogens is 1. The summed E-state index contributed by atoms with van der Waals surface area (Å²) >= 11 is 0. The lowest BCUT2D eigenvalue weighted by molar-refractivity contribution is -0.136. The average molecular weight is 593 g/mol. The Hall–Kier alpha value is -2.94. The van der Waals surface area contributed by atoms with E-state index in [0.717, 1.165) is 51.5 Å². The highest BCUT2D eigenvalue weighted by molar-refractivity contribution is 7.89. The highest BCUT2D eigenvalue weighted by Gasteiger charge is 2.44. The van der Waals surface area contributed by atoms with Gasteiger partial charge >= 0.3 is 6.18 Å². The van der Waals surface area contributed by atoms with Gasteiger partial charge in [0.1, 0.15) is 11.4 Å². The fraction of sp³-hybridized carbons (Fsp3) is 0.556. The highest BCUT2D eigenvalue weighted by atomic mass is 32.2. The molecule has 1 saturated carbocycles. The molecular weight excluding hydrogens is 561 g/mol. The predicted molar refractivity (Wildman–Crippen MR) is 144 cm³/mol. The number of ether oxygens (including phenoxy) is 2. The zero-order valence-corrected chi connectivity index (χ0v) is 23.3. The maximum atomic E-state index is 13.6. The van der Waals surface area contributed by atoms with Crippen LogP contribution in [-0.2, 0) is 20.9 Å². The Bertz CT molecular complexity index is 1580. The largest absolute Gasteiger partial charge is 0.495 e. The average Bonchev–Trinajstić information content (AvgIpc) is 3.34. The van der Waals surface area contributed by atoms with Crippen LogP contribution in [0, 0.1) is 0 Å². The van der Waals surface area contributed by atoms with Gasteiger partial charge in [0.05, 0.1) is 47.0 Å². The number of likely N-dealkylation sites (tertiary alicyclic amines) is 1. The number of nitrogens with one attached hydrogen (secondary N) is 2. The van der Waals surface area contributed by atoms with E-state index in [1.165, 1.54) is 23.5 Å². The summed E-state index contributed by atoms with van der Waals surface area (Å²) < 4.78 is 80.6. The number of benzene rings is 1. The summed E-state index contributed by atoms with van der Waals surface area (Å²) in [5, 5.41) is 3.02. The van der Waals surface area contributed by atoms with Gasteiger partial charge in [0.15, 0.2) is 0 Å². The normalized spacial score (nSPS) is 24.4. The molecule has 5 heterocycles. The quantitative estimate of drug-likeness (QED) is 0.419. The predicted octanol–water partition coefficient (Wildman–Crippen LogP) is 4.23. The second-order valence-electron chi connectivity index (χ2n) is 11.3. The molecule has 3 aromatic rings. The Kier molecular flexibility index (Phi) is 6.45. The van der Waals surface area contributed by atoms with Crippen molar-refractivity contribution in [1.29, 1.82) is 0 Å². The Morgan fingerprint density at radius 2 is 1.90 bits per heavy atom. The number of alkyl halides is 3. The van der Waals surface area contributed by atoms with Gasteiger partial charge in [-0.25, -0.2) is 13.4 Å². The Labute approximate surface area is 235 Å². The molecule has 2 aromatic heterocycles. The lowest BCUT2D eigenvalue weighted by atomic mass is 10.0. The molecule has 220 valence electrons. The summed E-state index contributed by atoms with van der Waals surface area (Å²) in [6.45, 7) is 2.58. The third kappa shape index (κ3) is 4.84. The SMILES string of the molecule is COc1cc(S(=O)(=O)N2CCC(N3C[C@H]4C[C@@H]3CO4)CC2)ccc1Nc1nc(C2CC2)c2c(C(F)(F)F)c[nH]c2n1. The van der Waals surface area contributed by atoms with Crippen molar-refractivity contribution in [2.45, 2.75) is 67.3 Å². The van der Waals surface area contributed by atoms with E-state index in [9.17, 15) is 21.6 Å². The van der Waals surface area contributed by atoms with Crippen LogP contribution in [0.1, 0.15) is 49.3 Å². The molecule has 0 radical (unpaired) electrons. The van der Waals surface area contributed by atoms with Crippen LogP contribution in [-0.4, -0.2) is 84.1 Å². The second kappa shape index (κ2) is 9.82. The molecule has 0 spiro atoms. The summed E-state index contributed by atoms with van der Waals surface area (Å²) in [6.07, 6.45) is 0.843. The van der Waals surface area contributed by atoms with Crippen LogP contribution >= 0.6 is 0 Å². The van der Waals surface area contributed by atoms with Crippen molar-refractivity contribution in [3.63, 3.8) is 0 Å². The number of anilines is 2. The molecule has 41 heavy (non-hydrogen) atoms. The van der Waals surface area contributed by atoms with E-state index in [4.69, 9.17) is 9.47 Å². The standard InChI is InChI=1S/C27H31F3N6O4S/c1-39-22-11-19(41(37,38)35-8-6-16(7-9-35)36-13-18-10-17(36)14-40-18)4-5-21(22)32-26-33-24(15-2-3-15)23-20(27(28,29)30)12-31-25(23)34-26/h4-5,11-12,15-18H,2-3,6-10,13-14H2,1H3,(H2,31,32,33,34)/t17-,18-/m1/s1. The molecule has 2 bridgehead atoms. The number of halogens is 3. The van der Waals surface area contributed by atoms with Crippen molar-refractivity contribution in [2.75, 3.05) is 38.7 Å². The molecule has 10 nitrogen and oxygen atoms in total. The van der Waals surface area contributed by atoms with Gasteiger partial charge in [0, 0.05) is 49.9 Å². The molecule has 2 atom stereocenters. The molecule has 1 aliphatic carbocycles. The van der Waals surface area contributed by atoms with Gasteiger partial charge < -0.3 is 19.8 Å². The molecule has 4 aliphatic rings. The third-order valence-corrected chi connectivity index (χ3v) is 10.6. The molecule has 4 fully saturated rings. The van der Waals surface area contributed by atoms with Crippen LogP contribution in [0.3, 0.4) is 0 Å². The number of fused-ring (bicyclic) bond motifs is 3. The maximum absolute atomic E-state index is 13.6. The van der Waals surface area contributed by atoms with E-state index in [2.05, 4.69) is 25.2 Å². The van der Waals surface area contributed by atoms with Crippen LogP contribution in [0.4, 0.5) is 24.8 Å². The van der Waals surface area contributed by atoms with Gasteiger partial charge in [-0.15, -0.1) is 0 Å². The van der Waals surface area contributed by atoms with Gasteiger partial charge in [-0.05, 0) is 44.2 Å². The van der Waals surface area contributed by atoms with E-state index in [-0.39, 0.29) is 33.5 Å². The minimum atomic E-state index is -4.53. The van der Waals surface area contributed by atoms with E-state index >= 15 is 0 Å². The van der Waals surface area contributed by atoms with Crippen LogP contribution in [0.2, 0.25) is 0 Å². The minimum Gasteiger partial charge on any atom is -0.495 e. The van der Waals surface area contributed by atoms with Crippen molar-refractivity contribution in [1.82, 2.24) is 24.2 Å². The topological polar surface area (TPSA) is 113 Å². The van der Waals surface area contributed by atoms with E-state index in [1.807, 2.05) is 0 Å². The van der Waals surface area contributed by atoms with Crippen LogP contribution in [0.15, 0.2) is 29.3 Å². The van der Waals surface area contributed by atoms with Crippen LogP contribution in [0.25, 0.3) is 11.0 Å². The fourth-order valence-corrected chi connectivity index (χ4v) is 7.97. The van der Waals surface area contributed by atoms with Crippen molar-refractivity contribution < 1.29 is 31.1 Å². The molecule has 0 unspecified atom stereocenters. The molecule has 14 heteroatoms. The van der Waals surface area contributed by atoms with Gasteiger partial charge in [0.25, 0.3) is 0 Å². The Morgan fingerprint density at radius 1 is 1.12 bits per heavy atom. The number of hydrogen-bond acceptors (Lipinski definition) is 8. The van der Waals surface area contributed by atoms with Crippen molar-refractivity contribution in [3.8, 4) is 5.75 Å². The number of nitrogens with zero attached hydrogens (tertiary/aromatic N) is 4. The first-order valence-corrected chi connectivity index (χ1v) is 15.3. The van der Waals surface area contributed by atoms with Gasteiger partial charge in [-0.2, -0.15) is 22.5 Å². The summed E-state index contributed by atoms with van der Waals surface area (Å²) in [4.78, 5) is 14.0. The van der Waals surface area contributed by atoms with E-state index in [0.29, 0.717) is 42.7 Å². The summed E-state index contributed by atoms with van der Waals surface area (Å²) in [7, 11) is -2.32. The molecule has 7 rings (SSSR count). The molecule has 1 aromatic carbocycles. The van der Waals surface area contributed by atoms with Crippen molar-refractivity contribution in [3.05, 3.63) is 35.7 Å². The number of hydrogen-bond donors (Lipinski definition) is 2. The first-order valence-electron chi connectivity index (χ1n) is 13.9. The molecule has 3 aliphatic heterocycles. The maximum Gasteiger partial charge on any atom is 0.418 e. The molecule has 3 saturated heterocycles. The second-order valence-corrected chi connectivity index (χ2v) is 13.2. The van der Waals surface area contributed by atoms with Crippen molar-refractivity contribution in [2.24, 2.45) is 0 Å². The van der Waals surface area contributed by atoms with Crippen LogP contribution < -0.4 is 10.1 Å². The van der Waals surface area contributed by atoms with E-state index < -0.39 is 21.8 Å². The summed E-state index contributed by atoms with van der Waals surface area (Å²) in [5.41, 5.74) is 0.0634. The lowest BCUT2D eigenvalue weighted by Gasteiger charge is -2.39. The first kappa shape index (κ1) is 26.9. The summed E-state index contributed by atoms with van der Waals surface area (Å²) in [6, 6.07) is 5.34. The van der Waals surface area contributed by atoms with Gasteiger partial charge in [-0.1, -0.05) is 0 Å². The number of morpholine rings is 1. The van der Waals surface area contributed by atoms with Crippen LogP contribution in [0.5, 0.6) is 5.75 Å². The Morgan fingerprint density at radius 3 is 2.54 bits per heavy atom. The smallest absolute Gasteiger partial charge is 0.418 e. The highest BCUT2D eigenvalue weighted by Crippen LogP contribution is 2.46. The van der Waals surface area contributed by atoms with Crippen molar-refractivity contribution >= 4 is 32.7 Å².